The summed E-state index contributed by atoms with van der Waals surface area (Å²) in [6.07, 6.45) is 5.54. The van der Waals surface area contributed by atoms with Gasteiger partial charge in [0.15, 0.2) is 0 Å². The van der Waals surface area contributed by atoms with Gasteiger partial charge in [-0.25, -0.2) is 0 Å². The van der Waals surface area contributed by atoms with E-state index in [-0.39, 0.29) is 0 Å². The van der Waals surface area contributed by atoms with Gasteiger partial charge in [0.2, 0.25) is 0 Å². The van der Waals surface area contributed by atoms with Crippen molar-refractivity contribution in [1.82, 2.24) is 10.2 Å². The summed E-state index contributed by atoms with van der Waals surface area (Å²) < 4.78 is 0. The maximum Gasteiger partial charge on any atom is 0.0196 e. The lowest BCUT2D eigenvalue weighted by molar-refractivity contribution is 0.123. The first kappa shape index (κ1) is 11.4. The van der Waals surface area contributed by atoms with Gasteiger partial charge >= 0.3 is 0 Å². The Balaban J connectivity index is 1.85. The zero-order valence-electron chi connectivity index (χ0n) is 10.5. The lowest BCUT2D eigenvalue weighted by Gasteiger charge is -2.39. The molecule has 0 aromatic rings. The fourth-order valence-corrected chi connectivity index (χ4v) is 3.01. The number of hydrogen-bond donors (Lipinski definition) is 1. The normalized spacial score (nSPS) is 41.8. The molecule has 15 heavy (non-hydrogen) atoms. The third kappa shape index (κ3) is 2.54. The summed E-state index contributed by atoms with van der Waals surface area (Å²) in [6.45, 7) is 9.45. The van der Waals surface area contributed by atoms with Gasteiger partial charge in [-0.1, -0.05) is 20.3 Å². The van der Waals surface area contributed by atoms with Crippen LogP contribution in [0.3, 0.4) is 0 Å². The van der Waals surface area contributed by atoms with E-state index in [1.807, 2.05) is 0 Å². The zero-order chi connectivity index (χ0) is 10.8. The van der Waals surface area contributed by atoms with Crippen LogP contribution in [0, 0.1) is 5.92 Å². The van der Waals surface area contributed by atoms with Gasteiger partial charge in [0, 0.05) is 31.2 Å². The highest BCUT2D eigenvalue weighted by atomic mass is 15.3. The van der Waals surface area contributed by atoms with Crippen molar-refractivity contribution < 1.29 is 0 Å². The number of nitrogens with one attached hydrogen (secondary N) is 1. The smallest absolute Gasteiger partial charge is 0.0196 e. The Labute approximate surface area is 94.4 Å². The molecule has 1 N–H and O–H groups in total. The number of rotatable bonds is 4. The second kappa shape index (κ2) is 4.84. The molecule has 4 atom stereocenters. The molecule has 2 aliphatic rings. The first-order valence-corrected chi connectivity index (χ1v) is 6.75. The van der Waals surface area contributed by atoms with Crippen LogP contribution in [0.5, 0.6) is 0 Å². The third-order valence-electron chi connectivity index (χ3n) is 4.16. The molecule has 0 aromatic heterocycles. The minimum atomic E-state index is 0.740. The van der Waals surface area contributed by atoms with Crippen molar-refractivity contribution in [2.75, 3.05) is 13.1 Å². The van der Waals surface area contributed by atoms with E-state index in [4.69, 9.17) is 0 Å². The van der Waals surface area contributed by atoms with Crippen LogP contribution >= 0.6 is 0 Å². The van der Waals surface area contributed by atoms with Crippen molar-refractivity contribution in [3.8, 4) is 0 Å². The molecule has 0 spiro atoms. The van der Waals surface area contributed by atoms with Crippen molar-refractivity contribution >= 4 is 0 Å². The third-order valence-corrected chi connectivity index (χ3v) is 4.16. The summed E-state index contributed by atoms with van der Waals surface area (Å²) in [7, 11) is 0. The predicted molar refractivity (Wildman–Crippen MR) is 65.1 cm³/mol. The monoisotopic (exact) mass is 210 g/mol. The molecule has 2 rings (SSSR count). The van der Waals surface area contributed by atoms with Gasteiger partial charge in [-0.15, -0.1) is 0 Å². The molecule has 1 saturated carbocycles. The van der Waals surface area contributed by atoms with E-state index in [2.05, 4.69) is 31.0 Å². The van der Waals surface area contributed by atoms with Gasteiger partial charge in [0.1, 0.15) is 0 Å². The molecule has 1 aliphatic heterocycles. The SMILES string of the molecule is CCCC1CC1N1CC(CC)NCC1C. The highest BCUT2D eigenvalue weighted by molar-refractivity contribution is 4.99. The maximum atomic E-state index is 3.64. The Kier molecular flexibility index (Phi) is 3.68. The van der Waals surface area contributed by atoms with Crippen LogP contribution in [-0.2, 0) is 0 Å². The van der Waals surface area contributed by atoms with Gasteiger partial charge in [-0.3, -0.25) is 4.90 Å². The molecule has 1 aliphatic carbocycles. The predicted octanol–water partition coefficient (Wildman–Crippen LogP) is 2.25. The van der Waals surface area contributed by atoms with E-state index in [9.17, 15) is 0 Å². The minimum Gasteiger partial charge on any atom is -0.311 e. The Morgan fingerprint density at radius 3 is 2.80 bits per heavy atom. The molecule has 0 radical (unpaired) electrons. The van der Waals surface area contributed by atoms with E-state index in [1.165, 1.54) is 38.8 Å². The van der Waals surface area contributed by atoms with Gasteiger partial charge in [-0.05, 0) is 32.1 Å². The first-order valence-electron chi connectivity index (χ1n) is 6.75. The zero-order valence-corrected chi connectivity index (χ0v) is 10.5. The average molecular weight is 210 g/mol. The number of piperazine rings is 1. The molecule has 2 fully saturated rings. The molecule has 0 bridgehead atoms. The highest BCUT2D eigenvalue weighted by Gasteiger charge is 2.43. The van der Waals surface area contributed by atoms with Crippen molar-refractivity contribution in [3.05, 3.63) is 0 Å². The quantitative estimate of drug-likeness (QED) is 0.765. The lowest BCUT2D eigenvalue weighted by atomic mass is 10.1. The fraction of sp³-hybridized carbons (Fsp3) is 1.00. The molecule has 1 heterocycles. The van der Waals surface area contributed by atoms with Crippen LogP contribution in [0.1, 0.15) is 46.5 Å². The largest absolute Gasteiger partial charge is 0.311 e. The molecule has 1 saturated heterocycles. The summed E-state index contributed by atoms with van der Waals surface area (Å²) in [5, 5.41) is 3.64. The highest BCUT2D eigenvalue weighted by Crippen LogP contribution is 2.40. The molecule has 2 heteroatoms. The van der Waals surface area contributed by atoms with Crippen molar-refractivity contribution in [1.29, 1.82) is 0 Å². The van der Waals surface area contributed by atoms with E-state index in [0.29, 0.717) is 0 Å². The second-order valence-electron chi connectivity index (χ2n) is 5.41. The van der Waals surface area contributed by atoms with Crippen LogP contribution in [0.25, 0.3) is 0 Å². The van der Waals surface area contributed by atoms with E-state index >= 15 is 0 Å². The van der Waals surface area contributed by atoms with Gasteiger partial charge < -0.3 is 5.32 Å². The van der Waals surface area contributed by atoms with Gasteiger partial charge in [0.05, 0.1) is 0 Å². The molecule has 2 nitrogen and oxygen atoms in total. The molecular formula is C13H26N2. The Morgan fingerprint density at radius 1 is 1.33 bits per heavy atom. The van der Waals surface area contributed by atoms with E-state index in [0.717, 1.165) is 24.0 Å². The molecular weight excluding hydrogens is 184 g/mol. The van der Waals surface area contributed by atoms with Crippen LogP contribution in [0.15, 0.2) is 0 Å². The van der Waals surface area contributed by atoms with Crippen molar-refractivity contribution in [2.45, 2.75) is 64.6 Å². The molecule has 0 aromatic carbocycles. The Morgan fingerprint density at radius 2 is 2.13 bits per heavy atom. The van der Waals surface area contributed by atoms with Gasteiger partial charge in [0.25, 0.3) is 0 Å². The van der Waals surface area contributed by atoms with Crippen molar-refractivity contribution in [3.63, 3.8) is 0 Å². The minimum absolute atomic E-state index is 0.740. The standard InChI is InChI=1S/C13H26N2/c1-4-6-11-7-13(11)15-9-12(5-2)14-8-10(15)3/h10-14H,4-9H2,1-3H3. The summed E-state index contributed by atoms with van der Waals surface area (Å²) in [4.78, 5) is 2.77. The van der Waals surface area contributed by atoms with Crippen LogP contribution in [-0.4, -0.2) is 36.1 Å². The summed E-state index contributed by atoms with van der Waals surface area (Å²) >= 11 is 0. The van der Waals surface area contributed by atoms with E-state index < -0.39 is 0 Å². The fourth-order valence-electron chi connectivity index (χ4n) is 3.01. The van der Waals surface area contributed by atoms with Crippen molar-refractivity contribution in [2.24, 2.45) is 5.92 Å². The summed E-state index contributed by atoms with van der Waals surface area (Å²) in [5.74, 6) is 1.02. The number of hydrogen-bond acceptors (Lipinski definition) is 2. The van der Waals surface area contributed by atoms with E-state index in [1.54, 1.807) is 0 Å². The summed E-state index contributed by atoms with van der Waals surface area (Å²) in [5.41, 5.74) is 0. The molecule has 4 unspecified atom stereocenters. The number of nitrogens with zero attached hydrogens (tertiary/aromatic N) is 1. The Bertz CT molecular complexity index is 205. The molecule has 88 valence electrons. The second-order valence-corrected chi connectivity index (χ2v) is 5.41. The topological polar surface area (TPSA) is 15.3 Å². The van der Waals surface area contributed by atoms with Crippen LogP contribution < -0.4 is 5.32 Å². The molecule has 0 amide bonds. The van der Waals surface area contributed by atoms with Crippen LogP contribution in [0.4, 0.5) is 0 Å². The first-order chi connectivity index (χ1) is 7.26. The van der Waals surface area contributed by atoms with Gasteiger partial charge in [-0.2, -0.15) is 0 Å². The Hall–Kier alpha value is -0.0800. The van der Waals surface area contributed by atoms with Crippen LogP contribution in [0.2, 0.25) is 0 Å². The maximum absolute atomic E-state index is 3.64. The lowest BCUT2D eigenvalue weighted by Crippen LogP contribution is -2.56. The summed E-state index contributed by atoms with van der Waals surface area (Å²) in [6, 6.07) is 2.42. The average Bonchev–Trinajstić information content (AvgIpc) is 2.99.